The van der Waals surface area contributed by atoms with E-state index in [1.807, 2.05) is 0 Å². The minimum absolute atomic E-state index is 0. The zero-order valence-electron chi connectivity index (χ0n) is 6.81. The van der Waals surface area contributed by atoms with Crippen molar-refractivity contribution in [2.75, 3.05) is 0 Å². The lowest BCUT2D eigenvalue weighted by molar-refractivity contribution is 0.0600. The van der Waals surface area contributed by atoms with Crippen LogP contribution in [-0.4, -0.2) is 11.7 Å². The van der Waals surface area contributed by atoms with Gasteiger partial charge in [0.2, 0.25) is 0 Å². The van der Waals surface area contributed by atoms with Gasteiger partial charge in [0.1, 0.15) is 5.60 Å². The maximum absolute atomic E-state index is 10.0. The Labute approximate surface area is 63.3 Å². The Morgan fingerprint density at radius 1 is 1.50 bits per heavy atom. The van der Waals surface area contributed by atoms with Crippen LogP contribution in [0, 0.1) is 0 Å². The minimum Gasteiger partial charge on any atom is -0.444 e. The topological polar surface area (TPSA) is 52.3 Å². The molecule has 0 fully saturated rings. The Kier molecular flexibility index (Phi) is 5.70. The maximum atomic E-state index is 10.0. The lowest BCUT2D eigenvalue weighted by Crippen LogP contribution is -2.27. The fourth-order valence-electron chi connectivity index (χ4n) is 0.302. The highest BCUT2D eigenvalue weighted by molar-refractivity contribution is 5.65. The van der Waals surface area contributed by atoms with Crippen molar-refractivity contribution in [2.45, 2.75) is 26.4 Å². The molecule has 0 aromatic heterocycles. The van der Waals surface area contributed by atoms with Gasteiger partial charge in [0.15, 0.2) is 0 Å². The van der Waals surface area contributed by atoms with Crippen LogP contribution in [0.5, 0.6) is 0 Å². The van der Waals surface area contributed by atoms with E-state index in [1.54, 1.807) is 20.8 Å². The number of ether oxygens (including phenoxy) is 1. The van der Waals surface area contributed by atoms with E-state index in [2.05, 4.69) is 17.9 Å². The molecule has 0 heterocycles. The van der Waals surface area contributed by atoms with Gasteiger partial charge in [-0.05, 0) is 20.8 Å². The number of carbonyl (C=O) groups excluding carboxylic acids is 1. The Morgan fingerprint density at radius 2 is 1.80 bits per heavy atom. The van der Waals surface area contributed by atoms with E-state index in [4.69, 9.17) is 5.73 Å². The normalized spacial score (nSPS) is 9.10. The molecule has 0 aliphatic heterocycles. The average Bonchev–Trinajstić information content (AvgIpc) is 1.64. The molecule has 0 saturated heterocycles. The van der Waals surface area contributed by atoms with Crippen LogP contribution in [0.25, 0.3) is 0 Å². The first-order valence-corrected chi connectivity index (χ1v) is 2.90. The van der Waals surface area contributed by atoms with E-state index in [-0.39, 0.29) is 1.43 Å². The van der Waals surface area contributed by atoms with Crippen molar-refractivity contribution in [1.82, 2.24) is 0 Å². The lowest BCUT2D eigenvalue weighted by atomic mass is 10.2. The Hall–Kier alpha value is -0.990. The molecule has 0 saturated carbocycles. The SMILES string of the molecule is C=C.CC(C)(C)OC(N)=O.[HH]. The molecule has 0 rings (SSSR count). The van der Waals surface area contributed by atoms with Crippen LogP contribution < -0.4 is 5.73 Å². The van der Waals surface area contributed by atoms with Crippen LogP contribution in [0.1, 0.15) is 22.2 Å². The number of amides is 1. The molecule has 10 heavy (non-hydrogen) atoms. The fourth-order valence-corrected chi connectivity index (χ4v) is 0.302. The predicted molar refractivity (Wildman–Crippen MR) is 43.8 cm³/mol. The fraction of sp³-hybridized carbons (Fsp3) is 0.571. The minimum atomic E-state index is -0.725. The standard InChI is InChI=1S/C5H11NO2.C2H4.H2/c1-5(2,3)8-4(6)7;1-2;/h1-3H3,(H2,6,7);1-2H2;1H. The summed E-state index contributed by atoms with van der Waals surface area (Å²) in [4.78, 5) is 10.0. The molecule has 2 N–H and O–H groups in total. The Morgan fingerprint density at radius 3 is 1.80 bits per heavy atom. The van der Waals surface area contributed by atoms with Crippen molar-refractivity contribution in [1.29, 1.82) is 0 Å². The molecule has 0 radical (unpaired) electrons. The number of hydrogen-bond donors (Lipinski definition) is 1. The summed E-state index contributed by atoms with van der Waals surface area (Å²) in [5.74, 6) is 0. The van der Waals surface area contributed by atoms with Crippen LogP contribution in [0.3, 0.4) is 0 Å². The van der Waals surface area contributed by atoms with Gasteiger partial charge < -0.3 is 10.5 Å². The number of nitrogens with two attached hydrogens (primary N) is 1. The molecule has 0 aliphatic rings. The van der Waals surface area contributed by atoms with Crippen LogP contribution in [0.15, 0.2) is 13.2 Å². The molecular formula is C7H17NO2. The lowest BCUT2D eigenvalue weighted by Gasteiger charge is -2.16. The summed E-state index contributed by atoms with van der Waals surface area (Å²) >= 11 is 0. The maximum Gasteiger partial charge on any atom is 0.405 e. The summed E-state index contributed by atoms with van der Waals surface area (Å²) in [5, 5.41) is 0. The van der Waals surface area contributed by atoms with Crippen LogP contribution in [0.2, 0.25) is 0 Å². The number of hydrogen-bond acceptors (Lipinski definition) is 2. The molecule has 62 valence electrons. The first-order valence-electron chi connectivity index (χ1n) is 2.90. The quantitative estimate of drug-likeness (QED) is 0.532. The smallest absolute Gasteiger partial charge is 0.405 e. The van der Waals surface area contributed by atoms with Crippen molar-refractivity contribution >= 4 is 6.09 Å². The van der Waals surface area contributed by atoms with E-state index in [0.29, 0.717) is 0 Å². The van der Waals surface area contributed by atoms with Gasteiger partial charge in [0.05, 0.1) is 0 Å². The second kappa shape index (κ2) is 4.85. The molecule has 3 nitrogen and oxygen atoms in total. The largest absolute Gasteiger partial charge is 0.444 e. The van der Waals surface area contributed by atoms with E-state index in [9.17, 15) is 4.79 Å². The van der Waals surface area contributed by atoms with Gasteiger partial charge >= 0.3 is 6.09 Å². The predicted octanol–water partition coefficient (Wildman–Crippen LogP) is 1.93. The van der Waals surface area contributed by atoms with E-state index in [1.165, 1.54) is 0 Å². The van der Waals surface area contributed by atoms with Gasteiger partial charge in [0, 0.05) is 1.43 Å². The van der Waals surface area contributed by atoms with Gasteiger partial charge in [-0.2, -0.15) is 0 Å². The average molecular weight is 147 g/mol. The highest BCUT2D eigenvalue weighted by Gasteiger charge is 2.12. The number of rotatable bonds is 0. The Balaban J connectivity index is -0.000000196. The molecule has 0 unspecified atom stereocenters. The highest BCUT2D eigenvalue weighted by atomic mass is 16.6. The number of primary amides is 1. The highest BCUT2D eigenvalue weighted by Crippen LogP contribution is 2.04. The monoisotopic (exact) mass is 147 g/mol. The van der Waals surface area contributed by atoms with E-state index >= 15 is 0 Å². The third-order valence-electron chi connectivity index (χ3n) is 0.407. The van der Waals surface area contributed by atoms with Crippen LogP contribution in [-0.2, 0) is 4.74 Å². The van der Waals surface area contributed by atoms with Crippen molar-refractivity contribution in [2.24, 2.45) is 5.73 Å². The second-order valence-corrected chi connectivity index (χ2v) is 2.53. The molecule has 0 aromatic carbocycles. The molecular weight excluding hydrogens is 130 g/mol. The van der Waals surface area contributed by atoms with E-state index in [0.717, 1.165) is 0 Å². The zero-order chi connectivity index (χ0) is 8.78. The summed E-state index contributed by atoms with van der Waals surface area (Å²) < 4.78 is 4.58. The van der Waals surface area contributed by atoms with Crippen molar-refractivity contribution in [3.05, 3.63) is 13.2 Å². The third-order valence-corrected chi connectivity index (χ3v) is 0.407. The summed E-state index contributed by atoms with van der Waals surface area (Å²) in [6, 6.07) is 0. The molecule has 0 atom stereocenters. The van der Waals surface area contributed by atoms with Crippen LogP contribution >= 0.6 is 0 Å². The van der Waals surface area contributed by atoms with Crippen molar-refractivity contribution in [3.63, 3.8) is 0 Å². The molecule has 1 amide bonds. The van der Waals surface area contributed by atoms with Gasteiger partial charge in [-0.1, -0.05) is 0 Å². The molecule has 0 spiro atoms. The second-order valence-electron chi connectivity index (χ2n) is 2.53. The van der Waals surface area contributed by atoms with Crippen molar-refractivity contribution in [3.8, 4) is 0 Å². The van der Waals surface area contributed by atoms with Crippen LogP contribution in [0.4, 0.5) is 4.79 Å². The van der Waals surface area contributed by atoms with Crippen molar-refractivity contribution < 1.29 is 11.0 Å². The van der Waals surface area contributed by atoms with Gasteiger partial charge in [-0.25, -0.2) is 4.79 Å². The molecule has 3 heteroatoms. The first-order chi connectivity index (χ1) is 4.42. The van der Waals surface area contributed by atoms with E-state index < -0.39 is 11.7 Å². The summed E-state index contributed by atoms with van der Waals surface area (Å²) in [6.45, 7) is 11.3. The first kappa shape index (κ1) is 11.8. The number of carbonyl (C=O) groups is 1. The zero-order valence-corrected chi connectivity index (χ0v) is 6.81. The van der Waals surface area contributed by atoms with Gasteiger partial charge in [0.25, 0.3) is 0 Å². The summed E-state index contributed by atoms with van der Waals surface area (Å²) in [5.41, 5.74) is 4.26. The molecule has 0 aromatic rings. The summed E-state index contributed by atoms with van der Waals surface area (Å²) in [6.07, 6.45) is -0.725. The molecule has 0 aliphatic carbocycles. The summed E-state index contributed by atoms with van der Waals surface area (Å²) in [7, 11) is 0. The van der Waals surface area contributed by atoms with Gasteiger partial charge in [-0.15, -0.1) is 13.2 Å². The van der Waals surface area contributed by atoms with Gasteiger partial charge in [-0.3, -0.25) is 0 Å². The molecule has 0 bridgehead atoms. The Bertz CT molecular complexity index is 109. The third kappa shape index (κ3) is 15.7.